The summed E-state index contributed by atoms with van der Waals surface area (Å²) in [4.78, 5) is 10.2. The van der Waals surface area contributed by atoms with Gasteiger partial charge in [-0.2, -0.15) is 0 Å². The van der Waals surface area contributed by atoms with Gasteiger partial charge in [0.2, 0.25) is 0 Å². The number of halogens is 1. The van der Waals surface area contributed by atoms with Crippen molar-refractivity contribution in [1.29, 1.82) is 0 Å². The molecule has 0 N–H and O–H groups in total. The molecule has 0 amide bonds. The minimum absolute atomic E-state index is 0.232. The Balaban J connectivity index is 2.20. The highest BCUT2D eigenvalue weighted by atomic mass is 19.1. The summed E-state index contributed by atoms with van der Waals surface area (Å²) in [5.41, 5.74) is 0.520. The first-order valence-electron chi connectivity index (χ1n) is 6.50. The van der Waals surface area contributed by atoms with Crippen LogP contribution in [-0.2, 0) is 6.42 Å². The molecule has 1 saturated carbocycles. The maximum absolute atomic E-state index is 14.2. The molecule has 0 radical (unpaired) electrons. The van der Waals surface area contributed by atoms with Crippen molar-refractivity contribution in [2.75, 3.05) is 18.0 Å². The molecule has 0 spiro atoms. The van der Waals surface area contributed by atoms with E-state index in [1.54, 1.807) is 0 Å². The highest BCUT2D eigenvalue weighted by Gasteiger charge is 2.26. The van der Waals surface area contributed by atoms with Gasteiger partial charge >= 0.3 is 0 Å². The lowest BCUT2D eigenvalue weighted by atomic mass is 10.2. The first-order valence-corrected chi connectivity index (χ1v) is 6.50. The van der Waals surface area contributed by atoms with Crippen LogP contribution in [0.2, 0.25) is 0 Å². The highest BCUT2D eigenvalue weighted by Crippen LogP contribution is 2.31. The Morgan fingerprint density at radius 2 is 2.12 bits per heavy atom. The molecule has 0 saturated heterocycles. The lowest BCUT2D eigenvalue weighted by Crippen LogP contribution is -2.29. The molecule has 17 heavy (non-hydrogen) atoms. The molecule has 4 heteroatoms. The Morgan fingerprint density at radius 1 is 1.35 bits per heavy atom. The lowest BCUT2D eigenvalue weighted by Gasteiger charge is -2.23. The maximum atomic E-state index is 14.2. The van der Waals surface area contributed by atoms with Crippen LogP contribution < -0.4 is 4.90 Å². The van der Waals surface area contributed by atoms with E-state index >= 15 is 0 Å². The van der Waals surface area contributed by atoms with Crippen LogP contribution in [0.15, 0.2) is 6.33 Å². The van der Waals surface area contributed by atoms with Gasteiger partial charge in [0.1, 0.15) is 6.33 Å². The standard InChI is InChI=1S/C13H20FN3/c1-3-7-17(8-10-5-6-10)13-12(14)11(4-2)15-9-16-13/h9-10H,3-8H2,1-2H3. The molecule has 1 aliphatic carbocycles. The SMILES string of the molecule is CCCN(CC1CC1)c1ncnc(CC)c1F. The molecule has 3 nitrogen and oxygen atoms in total. The second-order valence-corrected chi connectivity index (χ2v) is 4.70. The third-order valence-corrected chi connectivity index (χ3v) is 3.15. The van der Waals surface area contributed by atoms with Crippen LogP contribution in [0.25, 0.3) is 0 Å². The molecule has 0 atom stereocenters. The van der Waals surface area contributed by atoms with Gasteiger partial charge in [-0.25, -0.2) is 14.4 Å². The van der Waals surface area contributed by atoms with Crippen LogP contribution in [0.5, 0.6) is 0 Å². The van der Waals surface area contributed by atoms with Crippen molar-refractivity contribution in [1.82, 2.24) is 9.97 Å². The second-order valence-electron chi connectivity index (χ2n) is 4.70. The first-order chi connectivity index (χ1) is 8.26. The summed E-state index contributed by atoms with van der Waals surface area (Å²) in [5.74, 6) is 0.996. The summed E-state index contributed by atoms with van der Waals surface area (Å²) in [6.07, 6.45) is 5.65. The Morgan fingerprint density at radius 3 is 2.71 bits per heavy atom. The van der Waals surface area contributed by atoms with Gasteiger partial charge in [0.05, 0.1) is 5.69 Å². The van der Waals surface area contributed by atoms with Gasteiger partial charge in [-0.15, -0.1) is 0 Å². The van der Waals surface area contributed by atoms with Gasteiger partial charge in [0.25, 0.3) is 0 Å². The lowest BCUT2D eigenvalue weighted by molar-refractivity contribution is 0.576. The molecule has 2 rings (SSSR count). The van der Waals surface area contributed by atoms with Crippen molar-refractivity contribution < 1.29 is 4.39 Å². The monoisotopic (exact) mass is 237 g/mol. The van der Waals surface area contributed by atoms with Crippen molar-refractivity contribution in [3.8, 4) is 0 Å². The van der Waals surface area contributed by atoms with Gasteiger partial charge < -0.3 is 4.90 Å². The molecule has 0 bridgehead atoms. The van der Waals surface area contributed by atoms with E-state index in [-0.39, 0.29) is 5.82 Å². The van der Waals surface area contributed by atoms with E-state index in [1.807, 2.05) is 6.92 Å². The molecule has 0 aliphatic heterocycles. The van der Waals surface area contributed by atoms with Crippen molar-refractivity contribution in [2.45, 2.75) is 39.5 Å². The smallest absolute Gasteiger partial charge is 0.187 e. The summed E-state index contributed by atoms with van der Waals surface area (Å²) in [5, 5.41) is 0. The molecular formula is C13H20FN3. The van der Waals surface area contributed by atoms with E-state index in [0.717, 1.165) is 25.4 Å². The average Bonchev–Trinajstić information content (AvgIpc) is 3.13. The zero-order chi connectivity index (χ0) is 12.3. The molecule has 0 unspecified atom stereocenters. The summed E-state index contributed by atoms with van der Waals surface area (Å²) in [6.45, 7) is 5.83. The fourth-order valence-electron chi connectivity index (χ4n) is 2.03. The first kappa shape index (κ1) is 12.3. The number of nitrogens with zero attached hydrogens (tertiary/aromatic N) is 3. The van der Waals surface area contributed by atoms with Gasteiger partial charge in [-0.3, -0.25) is 0 Å². The summed E-state index contributed by atoms with van der Waals surface area (Å²) < 4.78 is 14.2. The Bertz CT molecular complexity index is 377. The fraction of sp³-hybridized carbons (Fsp3) is 0.692. The van der Waals surface area contributed by atoms with Crippen LogP contribution >= 0.6 is 0 Å². The van der Waals surface area contributed by atoms with Crippen LogP contribution in [0.4, 0.5) is 10.2 Å². The zero-order valence-electron chi connectivity index (χ0n) is 10.6. The van der Waals surface area contributed by atoms with E-state index in [9.17, 15) is 4.39 Å². The van der Waals surface area contributed by atoms with E-state index in [0.29, 0.717) is 17.9 Å². The van der Waals surface area contributed by atoms with Crippen LogP contribution in [0, 0.1) is 11.7 Å². The number of aromatic nitrogens is 2. The Kier molecular flexibility index (Phi) is 3.92. The molecular weight excluding hydrogens is 217 g/mol. The van der Waals surface area contributed by atoms with Crippen LogP contribution in [-0.4, -0.2) is 23.1 Å². The molecule has 1 heterocycles. The number of aryl methyl sites for hydroxylation is 1. The molecule has 1 aromatic rings. The highest BCUT2D eigenvalue weighted by molar-refractivity contribution is 5.41. The van der Waals surface area contributed by atoms with Crippen molar-refractivity contribution in [2.24, 2.45) is 5.92 Å². The normalized spacial score (nSPS) is 15.0. The predicted molar refractivity (Wildman–Crippen MR) is 66.6 cm³/mol. The number of hydrogen-bond acceptors (Lipinski definition) is 3. The van der Waals surface area contributed by atoms with E-state index in [1.165, 1.54) is 19.2 Å². The molecule has 0 aromatic carbocycles. The minimum atomic E-state index is -0.232. The Hall–Kier alpha value is -1.19. The topological polar surface area (TPSA) is 29.0 Å². The maximum Gasteiger partial charge on any atom is 0.187 e. The number of anilines is 1. The number of hydrogen-bond donors (Lipinski definition) is 0. The Labute approximate surface area is 102 Å². The van der Waals surface area contributed by atoms with E-state index < -0.39 is 0 Å². The average molecular weight is 237 g/mol. The minimum Gasteiger partial charge on any atom is -0.354 e. The van der Waals surface area contributed by atoms with E-state index in [4.69, 9.17) is 0 Å². The van der Waals surface area contributed by atoms with Gasteiger partial charge in [-0.05, 0) is 31.6 Å². The van der Waals surface area contributed by atoms with Gasteiger partial charge in [0, 0.05) is 13.1 Å². The van der Waals surface area contributed by atoms with Gasteiger partial charge in [-0.1, -0.05) is 13.8 Å². The summed E-state index contributed by atoms with van der Waals surface area (Å²) >= 11 is 0. The number of rotatable bonds is 6. The van der Waals surface area contributed by atoms with Crippen LogP contribution in [0.1, 0.15) is 38.8 Å². The fourth-order valence-corrected chi connectivity index (χ4v) is 2.03. The second kappa shape index (κ2) is 5.43. The van der Waals surface area contributed by atoms with Crippen molar-refractivity contribution >= 4 is 5.82 Å². The third kappa shape index (κ3) is 2.93. The molecule has 1 aliphatic rings. The molecule has 1 fully saturated rings. The summed E-state index contributed by atoms with van der Waals surface area (Å²) in [7, 11) is 0. The quantitative estimate of drug-likeness (QED) is 0.761. The zero-order valence-corrected chi connectivity index (χ0v) is 10.6. The van der Waals surface area contributed by atoms with Crippen molar-refractivity contribution in [3.05, 3.63) is 17.8 Å². The summed E-state index contributed by atoms with van der Waals surface area (Å²) in [6, 6.07) is 0. The molecule has 1 aromatic heterocycles. The van der Waals surface area contributed by atoms with Gasteiger partial charge in [0.15, 0.2) is 11.6 Å². The largest absolute Gasteiger partial charge is 0.354 e. The third-order valence-electron chi connectivity index (χ3n) is 3.15. The van der Waals surface area contributed by atoms with Crippen LogP contribution in [0.3, 0.4) is 0 Å². The molecule has 94 valence electrons. The predicted octanol–water partition coefficient (Wildman–Crippen LogP) is 2.80. The van der Waals surface area contributed by atoms with E-state index in [2.05, 4.69) is 21.8 Å². The van der Waals surface area contributed by atoms with Crippen molar-refractivity contribution in [3.63, 3.8) is 0 Å².